The van der Waals surface area contributed by atoms with Crippen molar-refractivity contribution in [1.82, 2.24) is 15.1 Å². The van der Waals surface area contributed by atoms with Crippen LogP contribution in [0.15, 0.2) is 24.3 Å². The number of amides is 2. The van der Waals surface area contributed by atoms with Gasteiger partial charge in [0.25, 0.3) is 5.91 Å². The molecular formula is C31H42BrN5O5. The Balaban J connectivity index is 0.00000484. The summed E-state index contributed by atoms with van der Waals surface area (Å²) in [7, 11) is 3.20. The molecule has 1 saturated heterocycles. The van der Waals surface area contributed by atoms with E-state index in [0.29, 0.717) is 61.8 Å². The van der Waals surface area contributed by atoms with E-state index in [2.05, 4.69) is 31.0 Å². The summed E-state index contributed by atoms with van der Waals surface area (Å²) < 4.78 is 11.6. The Labute approximate surface area is 258 Å². The number of rotatable bonds is 8. The second kappa shape index (κ2) is 13.1. The lowest BCUT2D eigenvalue weighted by atomic mass is 9.84. The van der Waals surface area contributed by atoms with Crippen LogP contribution < -0.4 is 19.7 Å². The van der Waals surface area contributed by atoms with Crippen LogP contribution in [0.4, 0.5) is 5.69 Å². The minimum Gasteiger partial charge on any atom is -0.494 e. The quantitative estimate of drug-likeness (QED) is 0.418. The average molecular weight is 645 g/mol. The molecule has 10 nitrogen and oxygen atoms in total. The monoisotopic (exact) mass is 643 g/mol. The molecule has 0 radical (unpaired) electrons. The number of ether oxygens (including phenoxy) is 2. The molecule has 11 heteroatoms. The van der Waals surface area contributed by atoms with Gasteiger partial charge in [-0.3, -0.25) is 19.8 Å². The Morgan fingerprint density at radius 3 is 2.26 bits per heavy atom. The second-order valence-electron chi connectivity index (χ2n) is 11.5. The number of piperazine rings is 1. The van der Waals surface area contributed by atoms with Gasteiger partial charge in [0.2, 0.25) is 5.91 Å². The standard InChI is InChI=1S/C31H41N5O5.BrH/c1-8-41-27-15-21-17-36(29(32)22(21)16-23(27)30(39)33-6)18-26(38)20-13-24(31(3,4)5)28(40-7)25(14-20)35-11-9-34(10-12-35)19(2)37;/h13-16,32H,8-12,17-18H2,1-7H3,(H,33,39);1H. The number of methoxy groups -OCH3 is 1. The molecule has 0 atom stereocenters. The number of hydrogen-bond donors (Lipinski definition) is 2. The van der Waals surface area contributed by atoms with E-state index >= 15 is 0 Å². The number of ketones is 1. The fourth-order valence-electron chi connectivity index (χ4n) is 5.46. The van der Waals surface area contributed by atoms with E-state index in [1.807, 2.05) is 24.0 Å². The summed E-state index contributed by atoms with van der Waals surface area (Å²) in [6.45, 7) is 13.0. The van der Waals surface area contributed by atoms with Crippen LogP contribution in [0.2, 0.25) is 0 Å². The summed E-state index contributed by atoms with van der Waals surface area (Å²) in [5.74, 6) is 1.05. The summed E-state index contributed by atoms with van der Waals surface area (Å²) >= 11 is 0. The molecule has 2 aliphatic rings. The number of benzene rings is 2. The van der Waals surface area contributed by atoms with Gasteiger partial charge in [-0.1, -0.05) is 20.8 Å². The molecule has 2 N–H and O–H groups in total. The topological polar surface area (TPSA) is 115 Å². The lowest BCUT2D eigenvalue weighted by Gasteiger charge is -2.37. The Bertz CT molecular complexity index is 1380. The molecule has 0 aliphatic carbocycles. The van der Waals surface area contributed by atoms with Crippen molar-refractivity contribution in [2.75, 3.05) is 58.4 Å². The molecule has 2 aromatic rings. The van der Waals surface area contributed by atoms with Crippen molar-refractivity contribution in [3.63, 3.8) is 0 Å². The molecule has 4 rings (SSSR count). The number of amidine groups is 1. The predicted octanol–water partition coefficient (Wildman–Crippen LogP) is 4.02. The highest BCUT2D eigenvalue weighted by molar-refractivity contribution is 8.93. The first-order valence-electron chi connectivity index (χ1n) is 14.0. The molecule has 0 saturated carbocycles. The zero-order valence-electron chi connectivity index (χ0n) is 25.6. The number of fused-ring (bicyclic) bond motifs is 1. The van der Waals surface area contributed by atoms with Gasteiger partial charge < -0.3 is 29.5 Å². The fourth-order valence-corrected chi connectivity index (χ4v) is 5.46. The number of anilines is 1. The molecule has 2 amide bonds. The highest BCUT2D eigenvalue weighted by Gasteiger charge is 2.32. The van der Waals surface area contributed by atoms with E-state index in [9.17, 15) is 14.4 Å². The van der Waals surface area contributed by atoms with Crippen LogP contribution in [0.3, 0.4) is 0 Å². The number of Topliss-reactive ketones (excluding diaryl/α,β-unsaturated/α-hetero) is 1. The average Bonchev–Trinajstić information content (AvgIpc) is 3.24. The van der Waals surface area contributed by atoms with Gasteiger partial charge in [-0.05, 0) is 42.2 Å². The summed E-state index contributed by atoms with van der Waals surface area (Å²) in [4.78, 5) is 43.9. The Morgan fingerprint density at radius 1 is 1.05 bits per heavy atom. The van der Waals surface area contributed by atoms with E-state index in [1.165, 1.54) is 0 Å². The first-order chi connectivity index (χ1) is 19.4. The molecule has 42 heavy (non-hydrogen) atoms. The molecule has 0 aromatic heterocycles. The first kappa shape index (κ1) is 32.9. The van der Waals surface area contributed by atoms with E-state index in [0.717, 1.165) is 22.6 Å². The Hall–Kier alpha value is -3.60. The normalized spacial score (nSPS) is 14.7. The van der Waals surface area contributed by atoms with Gasteiger partial charge in [0, 0.05) is 63.4 Å². The van der Waals surface area contributed by atoms with Crippen molar-refractivity contribution in [3.05, 3.63) is 52.1 Å². The smallest absolute Gasteiger partial charge is 0.254 e. The maximum Gasteiger partial charge on any atom is 0.254 e. The lowest BCUT2D eigenvalue weighted by Crippen LogP contribution is -2.48. The summed E-state index contributed by atoms with van der Waals surface area (Å²) in [6, 6.07) is 7.26. The largest absolute Gasteiger partial charge is 0.494 e. The van der Waals surface area contributed by atoms with Crippen LogP contribution in [0.5, 0.6) is 11.5 Å². The lowest BCUT2D eigenvalue weighted by molar-refractivity contribution is -0.129. The van der Waals surface area contributed by atoms with Crippen LogP contribution in [0, 0.1) is 5.41 Å². The SMILES string of the molecule is Br.CCOc1cc2c(cc1C(=O)NC)C(=N)N(CC(=O)c1cc(N3CCN(C(C)=O)CC3)c(OC)c(C(C)(C)C)c1)C2. The Kier molecular flexibility index (Phi) is 10.3. The number of nitrogens with one attached hydrogen (secondary N) is 2. The molecule has 2 aromatic carbocycles. The third kappa shape index (κ3) is 6.56. The highest BCUT2D eigenvalue weighted by atomic mass is 79.9. The molecular weight excluding hydrogens is 602 g/mol. The second-order valence-corrected chi connectivity index (χ2v) is 11.5. The maximum atomic E-state index is 13.8. The van der Waals surface area contributed by atoms with Gasteiger partial charge in [-0.15, -0.1) is 17.0 Å². The molecule has 2 aliphatic heterocycles. The van der Waals surface area contributed by atoms with Gasteiger partial charge in [0.15, 0.2) is 5.78 Å². The zero-order chi connectivity index (χ0) is 30.1. The van der Waals surface area contributed by atoms with Crippen LogP contribution in [0.1, 0.15) is 72.0 Å². The number of hydrogen-bond acceptors (Lipinski definition) is 7. The van der Waals surface area contributed by atoms with Gasteiger partial charge >= 0.3 is 0 Å². The highest BCUT2D eigenvalue weighted by Crippen LogP contribution is 2.41. The number of carbonyl (C=O) groups excluding carboxylic acids is 3. The number of carbonyl (C=O) groups is 3. The molecule has 228 valence electrons. The fraction of sp³-hybridized carbons (Fsp3) is 0.484. The van der Waals surface area contributed by atoms with Crippen molar-refractivity contribution in [2.24, 2.45) is 0 Å². The van der Waals surface area contributed by atoms with Crippen molar-refractivity contribution in [2.45, 2.75) is 46.6 Å². The minimum atomic E-state index is -0.292. The van der Waals surface area contributed by atoms with E-state index in [-0.39, 0.29) is 52.4 Å². The minimum absolute atomic E-state index is 0. The van der Waals surface area contributed by atoms with E-state index < -0.39 is 0 Å². The van der Waals surface area contributed by atoms with Gasteiger partial charge in [0.05, 0.1) is 31.5 Å². The van der Waals surface area contributed by atoms with Gasteiger partial charge in [-0.2, -0.15) is 0 Å². The molecule has 0 bridgehead atoms. The molecule has 1 fully saturated rings. The van der Waals surface area contributed by atoms with Crippen LogP contribution >= 0.6 is 17.0 Å². The van der Waals surface area contributed by atoms with Gasteiger partial charge in [0.1, 0.15) is 17.3 Å². The first-order valence-corrected chi connectivity index (χ1v) is 14.0. The number of halogens is 1. The van der Waals surface area contributed by atoms with Crippen molar-refractivity contribution < 1.29 is 23.9 Å². The third-order valence-corrected chi connectivity index (χ3v) is 7.71. The predicted molar refractivity (Wildman–Crippen MR) is 169 cm³/mol. The molecule has 0 spiro atoms. The van der Waals surface area contributed by atoms with Crippen molar-refractivity contribution >= 4 is 46.1 Å². The van der Waals surface area contributed by atoms with E-state index in [4.69, 9.17) is 14.9 Å². The summed E-state index contributed by atoms with van der Waals surface area (Å²) in [5, 5.41) is 11.4. The van der Waals surface area contributed by atoms with Crippen molar-refractivity contribution in [1.29, 1.82) is 5.41 Å². The number of nitrogens with zero attached hydrogens (tertiary/aromatic N) is 3. The zero-order valence-corrected chi connectivity index (χ0v) is 27.3. The molecule has 0 unspecified atom stereocenters. The summed E-state index contributed by atoms with van der Waals surface area (Å²) in [6.07, 6.45) is 0. The van der Waals surface area contributed by atoms with Crippen LogP contribution in [0.25, 0.3) is 0 Å². The Morgan fingerprint density at radius 2 is 1.71 bits per heavy atom. The molecule has 2 heterocycles. The summed E-state index contributed by atoms with van der Waals surface area (Å²) in [5.41, 5.74) is 3.84. The van der Waals surface area contributed by atoms with Crippen molar-refractivity contribution in [3.8, 4) is 11.5 Å². The third-order valence-electron chi connectivity index (χ3n) is 7.71. The van der Waals surface area contributed by atoms with Crippen LogP contribution in [-0.4, -0.2) is 86.7 Å². The van der Waals surface area contributed by atoms with Crippen LogP contribution in [-0.2, 0) is 16.8 Å². The van der Waals surface area contributed by atoms with Gasteiger partial charge in [-0.25, -0.2) is 0 Å². The maximum absolute atomic E-state index is 13.8. The van der Waals surface area contributed by atoms with E-state index in [1.54, 1.807) is 38.1 Å².